The first-order valence-electron chi connectivity index (χ1n) is 12.1. The molecule has 2 amide bonds. The second-order valence-electron chi connectivity index (χ2n) is 8.98. The van der Waals surface area contributed by atoms with Crippen molar-refractivity contribution in [3.05, 3.63) is 93.5 Å². The van der Waals surface area contributed by atoms with Gasteiger partial charge in [-0.3, -0.25) is 13.9 Å². The van der Waals surface area contributed by atoms with E-state index in [0.29, 0.717) is 6.54 Å². The number of nitrogens with one attached hydrogen (secondary N) is 1. The predicted molar refractivity (Wildman–Crippen MR) is 152 cm³/mol. The summed E-state index contributed by atoms with van der Waals surface area (Å²) in [5, 5.41) is 2.88. The summed E-state index contributed by atoms with van der Waals surface area (Å²) in [6.07, 6.45) is 0. The Kier molecular flexibility index (Phi) is 9.82. The Morgan fingerprint density at radius 3 is 2.08 bits per heavy atom. The second kappa shape index (κ2) is 12.7. The Morgan fingerprint density at radius 2 is 1.50 bits per heavy atom. The van der Waals surface area contributed by atoms with Gasteiger partial charge in [-0.2, -0.15) is 0 Å². The first-order valence-corrected chi connectivity index (χ1v) is 14.3. The third kappa shape index (κ3) is 6.87. The molecule has 0 aliphatic heterocycles. The fraction of sp³-hybridized carbons (Fsp3) is 0.286. The second-order valence-corrected chi connectivity index (χ2v) is 11.6. The Labute approximate surface area is 234 Å². The summed E-state index contributed by atoms with van der Waals surface area (Å²) >= 11 is 12.7. The van der Waals surface area contributed by atoms with E-state index in [4.69, 9.17) is 23.2 Å². The Hall–Kier alpha value is -3.07. The molecule has 0 unspecified atom stereocenters. The van der Waals surface area contributed by atoms with Crippen LogP contribution in [0.5, 0.6) is 0 Å². The molecule has 7 nitrogen and oxygen atoms in total. The molecule has 0 aliphatic carbocycles. The first kappa shape index (κ1) is 29.5. The van der Waals surface area contributed by atoms with E-state index in [2.05, 4.69) is 5.32 Å². The summed E-state index contributed by atoms with van der Waals surface area (Å²) in [5.74, 6) is -0.919. The lowest BCUT2D eigenvalue weighted by molar-refractivity contribution is -0.139. The molecule has 0 heterocycles. The van der Waals surface area contributed by atoms with Crippen LogP contribution in [-0.4, -0.2) is 44.3 Å². The van der Waals surface area contributed by atoms with Gasteiger partial charge in [0.15, 0.2) is 0 Å². The van der Waals surface area contributed by atoms with Crippen molar-refractivity contribution in [1.82, 2.24) is 10.2 Å². The van der Waals surface area contributed by atoms with Crippen LogP contribution in [0.25, 0.3) is 0 Å². The number of carbonyl (C=O) groups excluding carboxylic acids is 2. The Bertz CT molecular complexity index is 1390. The van der Waals surface area contributed by atoms with E-state index in [9.17, 15) is 18.0 Å². The number of sulfonamides is 1. The minimum Gasteiger partial charge on any atom is -0.355 e. The number of aryl methyl sites for hydroxylation is 2. The van der Waals surface area contributed by atoms with Crippen molar-refractivity contribution >= 4 is 50.7 Å². The zero-order valence-electron chi connectivity index (χ0n) is 21.7. The van der Waals surface area contributed by atoms with Gasteiger partial charge in [0, 0.05) is 13.1 Å². The molecule has 3 aromatic rings. The number of rotatable bonds is 10. The predicted octanol–water partition coefficient (Wildman–Crippen LogP) is 5.36. The largest absolute Gasteiger partial charge is 0.355 e. The molecule has 0 radical (unpaired) electrons. The molecule has 3 rings (SSSR count). The number of nitrogens with zero attached hydrogens (tertiary/aromatic N) is 2. The molecule has 0 bridgehead atoms. The first-order chi connectivity index (χ1) is 17.9. The highest BCUT2D eigenvalue weighted by Crippen LogP contribution is 2.35. The molecule has 38 heavy (non-hydrogen) atoms. The number of hydrogen-bond acceptors (Lipinski definition) is 4. The van der Waals surface area contributed by atoms with Gasteiger partial charge >= 0.3 is 0 Å². The van der Waals surface area contributed by atoms with Gasteiger partial charge in [0.05, 0.1) is 20.6 Å². The van der Waals surface area contributed by atoms with E-state index in [1.54, 1.807) is 32.0 Å². The number of likely N-dealkylation sites (N-methyl/N-ethyl adjacent to an activating group) is 1. The molecule has 1 atom stereocenters. The van der Waals surface area contributed by atoms with E-state index < -0.39 is 28.5 Å². The van der Waals surface area contributed by atoms with Gasteiger partial charge in [0.2, 0.25) is 11.8 Å². The molecule has 0 saturated heterocycles. The van der Waals surface area contributed by atoms with Crippen molar-refractivity contribution < 1.29 is 18.0 Å². The maximum atomic E-state index is 13.8. The number of halogens is 2. The maximum absolute atomic E-state index is 13.8. The summed E-state index contributed by atoms with van der Waals surface area (Å²) in [6, 6.07) is 17.6. The third-order valence-corrected chi connectivity index (χ3v) is 8.66. The van der Waals surface area contributed by atoms with Crippen LogP contribution in [0.1, 0.15) is 30.5 Å². The van der Waals surface area contributed by atoms with Crippen molar-refractivity contribution in [3.63, 3.8) is 0 Å². The molecular formula is C28H31Cl2N3O4S. The highest BCUT2D eigenvalue weighted by atomic mass is 35.5. The molecule has 1 N–H and O–H groups in total. The van der Waals surface area contributed by atoms with E-state index in [1.807, 2.05) is 38.1 Å². The number of carbonyl (C=O) groups is 2. The van der Waals surface area contributed by atoms with Crippen LogP contribution in [0, 0.1) is 13.8 Å². The molecule has 0 saturated carbocycles. The van der Waals surface area contributed by atoms with E-state index in [-0.39, 0.29) is 33.1 Å². The molecule has 3 aromatic carbocycles. The quantitative estimate of drug-likeness (QED) is 0.352. The Balaban J connectivity index is 2.07. The highest BCUT2D eigenvalue weighted by Gasteiger charge is 2.33. The monoisotopic (exact) mass is 575 g/mol. The SMILES string of the molecule is CCNC(=O)[C@H](C)N(Cc1ccc(C)cc1)C(=O)CN(c1cccc(Cl)c1Cl)S(=O)(=O)c1ccc(C)cc1. The van der Waals surface area contributed by atoms with Gasteiger partial charge < -0.3 is 10.2 Å². The van der Waals surface area contributed by atoms with Crippen LogP contribution in [-0.2, 0) is 26.2 Å². The smallest absolute Gasteiger partial charge is 0.264 e. The van der Waals surface area contributed by atoms with Crippen LogP contribution in [0.2, 0.25) is 10.0 Å². The average molecular weight is 577 g/mol. The Morgan fingerprint density at radius 1 is 0.921 bits per heavy atom. The lowest BCUT2D eigenvalue weighted by Gasteiger charge is -2.32. The van der Waals surface area contributed by atoms with Gasteiger partial charge in [0.25, 0.3) is 10.0 Å². The number of hydrogen-bond donors (Lipinski definition) is 1. The van der Waals surface area contributed by atoms with E-state index in [1.165, 1.54) is 29.2 Å². The third-order valence-electron chi connectivity index (χ3n) is 6.08. The van der Waals surface area contributed by atoms with Gasteiger partial charge in [-0.05, 0) is 57.5 Å². The van der Waals surface area contributed by atoms with E-state index >= 15 is 0 Å². The molecular weight excluding hydrogens is 545 g/mol. The number of anilines is 1. The lowest BCUT2D eigenvalue weighted by atomic mass is 10.1. The average Bonchev–Trinajstić information content (AvgIpc) is 2.88. The fourth-order valence-corrected chi connectivity index (χ4v) is 5.70. The molecule has 0 spiro atoms. The van der Waals surface area contributed by atoms with Crippen LogP contribution >= 0.6 is 23.2 Å². The summed E-state index contributed by atoms with van der Waals surface area (Å²) in [7, 11) is -4.23. The van der Waals surface area contributed by atoms with Crippen molar-refractivity contribution in [2.45, 2.75) is 45.2 Å². The standard InChI is InChI=1S/C28H31Cl2N3O4S/c1-5-31-28(35)21(4)32(17-22-13-9-19(2)10-14-22)26(34)18-33(25-8-6-7-24(29)27(25)30)38(36,37)23-15-11-20(3)12-16-23/h6-16,21H,5,17-18H2,1-4H3,(H,31,35)/t21-/m0/s1. The van der Waals surface area contributed by atoms with Crippen molar-refractivity contribution in [1.29, 1.82) is 0 Å². The number of benzene rings is 3. The van der Waals surface area contributed by atoms with Crippen molar-refractivity contribution in [2.75, 3.05) is 17.4 Å². The van der Waals surface area contributed by atoms with Crippen molar-refractivity contribution in [2.24, 2.45) is 0 Å². The van der Waals surface area contributed by atoms with Crippen molar-refractivity contribution in [3.8, 4) is 0 Å². The summed E-state index contributed by atoms with van der Waals surface area (Å²) in [5.41, 5.74) is 2.80. The summed E-state index contributed by atoms with van der Waals surface area (Å²) in [6.45, 7) is 7.10. The molecule has 10 heteroatoms. The molecule has 0 aliphatic rings. The molecule has 202 valence electrons. The van der Waals surface area contributed by atoms with Crippen LogP contribution < -0.4 is 9.62 Å². The fourth-order valence-electron chi connectivity index (χ4n) is 3.83. The van der Waals surface area contributed by atoms with Crippen LogP contribution in [0.15, 0.2) is 71.6 Å². The van der Waals surface area contributed by atoms with Gasteiger partial charge in [-0.1, -0.05) is 76.8 Å². The van der Waals surface area contributed by atoms with E-state index in [0.717, 1.165) is 21.0 Å². The van der Waals surface area contributed by atoms with Crippen LogP contribution in [0.4, 0.5) is 5.69 Å². The zero-order chi connectivity index (χ0) is 28.0. The summed E-state index contributed by atoms with van der Waals surface area (Å²) < 4.78 is 28.6. The summed E-state index contributed by atoms with van der Waals surface area (Å²) in [4.78, 5) is 28.0. The maximum Gasteiger partial charge on any atom is 0.264 e. The minimum atomic E-state index is -4.23. The molecule has 0 aromatic heterocycles. The van der Waals surface area contributed by atoms with Gasteiger partial charge in [0.1, 0.15) is 12.6 Å². The topological polar surface area (TPSA) is 86.8 Å². The van der Waals surface area contributed by atoms with Gasteiger partial charge in [-0.15, -0.1) is 0 Å². The number of amides is 2. The molecule has 0 fully saturated rings. The van der Waals surface area contributed by atoms with Gasteiger partial charge in [-0.25, -0.2) is 8.42 Å². The normalized spacial score (nSPS) is 12.1. The van der Waals surface area contributed by atoms with Crippen LogP contribution in [0.3, 0.4) is 0 Å². The zero-order valence-corrected chi connectivity index (χ0v) is 24.1. The lowest BCUT2D eigenvalue weighted by Crippen LogP contribution is -2.51. The highest BCUT2D eigenvalue weighted by molar-refractivity contribution is 7.92. The minimum absolute atomic E-state index is 0.000451.